The molecule has 11 heteroatoms. The van der Waals surface area contributed by atoms with Gasteiger partial charge < -0.3 is 37.3 Å². The predicted octanol–water partition coefficient (Wildman–Crippen LogP) is 1.79. The van der Waals surface area contributed by atoms with Crippen molar-refractivity contribution in [3.05, 3.63) is 97.1 Å². The zero-order valence-corrected chi connectivity index (χ0v) is 27.0. The van der Waals surface area contributed by atoms with Gasteiger partial charge in [-0.1, -0.05) is 31.9 Å². The van der Waals surface area contributed by atoms with Gasteiger partial charge in [-0.2, -0.15) is 0 Å². The Morgan fingerprint density at radius 3 is 2.07 bits per heavy atom. The number of anilines is 1. The summed E-state index contributed by atoms with van der Waals surface area (Å²) in [4.78, 5) is 33.2. The summed E-state index contributed by atoms with van der Waals surface area (Å²) in [6.07, 6.45) is 9.09. The monoisotopic (exact) mass is 647 g/mol. The standard InChI is InChI=1S/C14H18NO3.C11H12ClNO.C8H13NO2.ClH/c1-2-17-14(16)5-3-4-12-6-8-15(9-7-12)10-13-11-18-13;1-8(2)11(14)13-10-5-3-9(7-12)4-6-10;1-6(2)8(10)9-4-3-7-5-11-7;/h2,6-9,13H,1,3-5,10-11H2;3-6H,1,7H2,2H3,(H,13,14);7H,1,3-5H2,2H3,(H,9,10);1H/q+1;;;/p-1. The van der Waals surface area contributed by atoms with E-state index in [2.05, 4.69) is 64.2 Å². The van der Waals surface area contributed by atoms with Crippen molar-refractivity contribution in [3.8, 4) is 0 Å². The number of hydrogen-bond donors (Lipinski definition) is 2. The third-order valence-corrected chi connectivity index (χ3v) is 6.44. The fourth-order valence-electron chi connectivity index (χ4n) is 3.42. The van der Waals surface area contributed by atoms with Crippen molar-refractivity contribution >= 4 is 35.1 Å². The van der Waals surface area contributed by atoms with E-state index in [9.17, 15) is 14.4 Å². The van der Waals surface area contributed by atoms with E-state index in [0.717, 1.165) is 50.3 Å². The van der Waals surface area contributed by atoms with Crippen LogP contribution >= 0.6 is 11.6 Å². The molecule has 1 aromatic heterocycles. The molecule has 0 spiro atoms. The number of rotatable bonds is 14. The number of amides is 2. The fraction of sp³-hybridized carbons (Fsp3) is 0.394. The van der Waals surface area contributed by atoms with E-state index < -0.39 is 0 Å². The fourth-order valence-corrected chi connectivity index (χ4v) is 3.60. The van der Waals surface area contributed by atoms with Gasteiger partial charge in [-0.05, 0) is 56.4 Å². The first-order valence-corrected chi connectivity index (χ1v) is 14.7. The van der Waals surface area contributed by atoms with E-state index in [1.165, 1.54) is 11.8 Å². The number of esters is 1. The van der Waals surface area contributed by atoms with Crippen LogP contribution in [0.3, 0.4) is 0 Å². The summed E-state index contributed by atoms with van der Waals surface area (Å²) in [5, 5.41) is 5.45. The van der Waals surface area contributed by atoms with E-state index in [1.54, 1.807) is 13.8 Å². The Labute approximate surface area is 271 Å². The average molecular weight is 649 g/mol. The number of nitrogens with one attached hydrogen (secondary N) is 2. The molecule has 9 nitrogen and oxygen atoms in total. The topological polar surface area (TPSA) is 113 Å². The van der Waals surface area contributed by atoms with Gasteiger partial charge in [0.15, 0.2) is 18.9 Å². The van der Waals surface area contributed by atoms with Gasteiger partial charge in [0.05, 0.1) is 25.6 Å². The zero-order valence-electron chi connectivity index (χ0n) is 25.5. The summed E-state index contributed by atoms with van der Waals surface area (Å²) in [5.74, 6) is 0.0329. The van der Waals surface area contributed by atoms with E-state index >= 15 is 0 Å². The highest BCUT2D eigenvalue weighted by molar-refractivity contribution is 6.17. The number of ether oxygens (including phenoxy) is 3. The molecule has 2 unspecified atom stereocenters. The highest BCUT2D eigenvalue weighted by Gasteiger charge is 2.26. The van der Waals surface area contributed by atoms with Crippen molar-refractivity contribution < 1.29 is 45.6 Å². The van der Waals surface area contributed by atoms with E-state index in [4.69, 9.17) is 21.1 Å². The number of alkyl halides is 1. The van der Waals surface area contributed by atoms with Gasteiger partial charge in [0.1, 0.15) is 6.10 Å². The summed E-state index contributed by atoms with van der Waals surface area (Å²) in [7, 11) is 0. The lowest BCUT2D eigenvalue weighted by Gasteiger charge is -2.04. The maximum Gasteiger partial charge on any atom is 0.310 e. The highest BCUT2D eigenvalue weighted by atomic mass is 35.5. The van der Waals surface area contributed by atoms with Crippen LogP contribution in [0.4, 0.5) is 5.69 Å². The van der Waals surface area contributed by atoms with Crippen LogP contribution in [0.5, 0.6) is 0 Å². The van der Waals surface area contributed by atoms with Gasteiger partial charge in [-0.25, -0.2) is 4.57 Å². The van der Waals surface area contributed by atoms with Crippen molar-refractivity contribution in [2.24, 2.45) is 0 Å². The first-order chi connectivity index (χ1) is 20.6. The molecule has 2 aliphatic rings. The minimum Gasteiger partial charge on any atom is -1.00 e. The van der Waals surface area contributed by atoms with Gasteiger partial charge in [0.2, 0.25) is 5.91 Å². The van der Waals surface area contributed by atoms with Crippen molar-refractivity contribution in [2.75, 3.05) is 25.1 Å². The number of pyridine rings is 1. The molecule has 0 aliphatic carbocycles. The number of carbonyl (C=O) groups is 3. The van der Waals surface area contributed by atoms with Gasteiger partial charge in [-0.15, -0.1) is 11.6 Å². The average Bonchev–Trinajstić information content (AvgIpc) is 3.92. The predicted molar refractivity (Wildman–Crippen MR) is 167 cm³/mol. The lowest BCUT2D eigenvalue weighted by Crippen LogP contribution is -3.00. The number of aryl methyl sites for hydroxylation is 1. The second-order valence-electron chi connectivity index (χ2n) is 10.2. The molecule has 2 fully saturated rings. The van der Waals surface area contributed by atoms with Crippen LogP contribution in [0.1, 0.15) is 44.2 Å². The first-order valence-electron chi connectivity index (χ1n) is 14.2. The molecule has 2 saturated heterocycles. The van der Waals surface area contributed by atoms with Crippen molar-refractivity contribution in [3.63, 3.8) is 0 Å². The Morgan fingerprint density at radius 2 is 1.57 bits per heavy atom. The van der Waals surface area contributed by atoms with Crippen molar-refractivity contribution in [1.29, 1.82) is 0 Å². The van der Waals surface area contributed by atoms with Crippen LogP contribution in [0.25, 0.3) is 0 Å². The maximum atomic E-state index is 11.2. The number of benzene rings is 1. The SMILES string of the molecule is C=C(C)C(=O)NCCC1CO1.C=C(C)C(=O)Nc1ccc(CCl)cc1.C=COC(=O)CCCc1cc[n+](CC2CO2)cc1.[Cl-]. The Bertz CT molecular complexity index is 1230. The molecule has 44 heavy (non-hydrogen) atoms. The lowest BCUT2D eigenvalue weighted by atomic mass is 10.1. The van der Waals surface area contributed by atoms with E-state index in [0.29, 0.717) is 42.2 Å². The number of halogens is 2. The van der Waals surface area contributed by atoms with Crippen LogP contribution in [0.15, 0.2) is 85.9 Å². The number of nitrogens with zero attached hydrogens (tertiary/aromatic N) is 1. The molecule has 240 valence electrons. The molecule has 2 N–H and O–H groups in total. The molecule has 4 rings (SSSR count). The number of aromatic nitrogens is 1. The zero-order chi connectivity index (χ0) is 31.6. The van der Waals surface area contributed by atoms with E-state index in [-0.39, 0.29) is 30.2 Å². The van der Waals surface area contributed by atoms with Crippen molar-refractivity contribution in [2.45, 2.75) is 64.2 Å². The maximum absolute atomic E-state index is 11.2. The normalized spacial score (nSPS) is 15.3. The molecule has 3 heterocycles. The molecule has 2 amide bonds. The Hall–Kier alpha value is -3.50. The molecule has 0 bridgehead atoms. The minimum absolute atomic E-state index is 0. The summed E-state index contributed by atoms with van der Waals surface area (Å²) in [6, 6.07) is 11.6. The Kier molecular flexibility index (Phi) is 18.6. The van der Waals surface area contributed by atoms with Crippen LogP contribution in [-0.4, -0.2) is 49.8 Å². The molecule has 1 aromatic carbocycles. The second-order valence-corrected chi connectivity index (χ2v) is 10.5. The number of carbonyl (C=O) groups excluding carboxylic acids is 3. The molecular formula is C33H43Cl2N3O6. The Balaban J connectivity index is 0.000000337. The smallest absolute Gasteiger partial charge is 0.310 e. The van der Waals surface area contributed by atoms with Crippen molar-refractivity contribution in [1.82, 2.24) is 5.32 Å². The van der Waals surface area contributed by atoms with Gasteiger partial charge in [0, 0.05) is 47.8 Å². The highest BCUT2D eigenvalue weighted by Crippen LogP contribution is 2.13. The summed E-state index contributed by atoms with van der Waals surface area (Å²) in [6.45, 7) is 17.1. The van der Waals surface area contributed by atoms with E-state index in [1.807, 2.05) is 24.3 Å². The third-order valence-electron chi connectivity index (χ3n) is 6.13. The quantitative estimate of drug-likeness (QED) is 0.0808. The van der Waals surface area contributed by atoms with Crippen LogP contribution < -0.4 is 27.6 Å². The van der Waals surface area contributed by atoms with Gasteiger partial charge >= 0.3 is 5.97 Å². The molecule has 0 radical (unpaired) electrons. The van der Waals surface area contributed by atoms with Crippen LogP contribution in [0.2, 0.25) is 0 Å². The number of hydrogen-bond acceptors (Lipinski definition) is 6. The molecule has 2 aliphatic heterocycles. The van der Waals surface area contributed by atoms with Gasteiger partial charge in [-0.3, -0.25) is 14.4 Å². The first kappa shape index (κ1) is 38.5. The molecular weight excluding hydrogens is 605 g/mol. The summed E-state index contributed by atoms with van der Waals surface area (Å²) < 4.78 is 16.9. The largest absolute Gasteiger partial charge is 1.00 e. The van der Waals surface area contributed by atoms with Crippen LogP contribution in [0, 0.1) is 0 Å². The number of epoxide rings is 2. The summed E-state index contributed by atoms with van der Waals surface area (Å²) >= 11 is 5.63. The third kappa shape index (κ3) is 17.6. The van der Waals surface area contributed by atoms with Crippen LogP contribution in [-0.2, 0) is 47.4 Å². The Morgan fingerprint density at radius 1 is 0.977 bits per heavy atom. The molecule has 2 atom stereocenters. The van der Waals surface area contributed by atoms with Gasteiger partial charge in [0.25, 0.3) is 5.91 Å². The lowest BCUT2D eigenvalue weighted by molar-refractivity contribution is -0.698. The second kappa shape index (κ2) is 21.2. The summed E-state index contributed by atoms with van der Waals surface area (Å²) in [5.41, 5.74) is 4.06. The minimum atomic E-state index is -0.220. The molecule has 2 aromatic rings. The molecule has 0 saturated carbocycles.